The summed E-state index contributed by atoms with van der Waals surface area (Å²) in [4.78, 5) is 11.5. The molecule has 0 unspecified atom stereocenters. The molecule has 0 radical (unpaired) electrons. The standard InChI is InChI=1S/C19H30FNO.H2/c1-14(2)13-21-17-11-8-10-16(19(17)20)9-6-5-7-12-18(22)15(3)4;/h8,10-11,14-15,21H,5-7,9,12-13H2,1-4H3;1H. The number of benzene rings is 1. The van der Waals surface area contributed by atoms with E-state index in [0.717, 1.165) is 37.8 Å². The SMILES string of the molecule is CC(C)CNc1cccc(CCCCCC(=O)C(C)C)c1F.[HH]. The van der Waals surface area contributed by atoms with Crippen LogP contribution < -0.4 is 5.32 Å². The maximum Gasteiger partial charge on any atom is 0.149 e. The summed E-state index contributed by atoms with van der Waals surface area (Å²) >= 11 is 0. The second kappa shape index (κ2) is 9.60. The van der Waals surface area contributed by atoms with Crippen LogP contribution in [0.3, 0.4) is 0 Å². The minimum Gasteiger partial charge on any atom is -0.382 e. The third-order valence-corrected chi connectivity index (χ3v) is 3.79. The Bertz CT molecular complexity index is 474. The highest BCUT2D eigenvalue weighted by molar-refractivity contribution is 5.80. The highest BCUT2D eigenvalue weighted by Crippen LogP contribution is 2.20. The second-order valence-corrected chi connectivity index (χ2v) is 6.74. The van der Waals surface area contributed by atoms with E-state index in [1.165, 1.54) is 0 Å². The van der Waals surface area contributed by atoms with E-state index in [9.17, 15) is 9.18 Å². The summed E-state index contributed by atoms with van der Waals surface area (Å²) in [5, 5.41) is 3.16. The van der Waals surface area contributed by atoms with Crippen molar-refractivity contribution in [1.82, 2.24) is 0 Å². The van der Waals surface area contributed by atoms with Crippen molar-refractivity contribution >= 4 is 11.5 Å². The van der Waals surface area contributed by atoms with Gasteiger partial charge in [-0.1, -0.05) is 46.2 Å². The van der Waals surface area contributed by atoms with Gasteiger partial charge in [-0.15, -0.1) is 0 Å². The van der Waals surface area contributed by atoms with Crippen molar-refractivity contribution in [3.05, 3.63) is 29.6 Å². The summed E-state index contributed by atoms with van der Waals surface area (Å²) in [6.45, 7) is 8.86. The van der Waals surface area contributed by atoms with E-state index in [4.69, 9.17) is 0 Å². The number of hydrogen-bond donors (Lipinski definition) is 1. The monoisotopic (exact) mass is 309 g/mol. The van der Waals surface area contributed by atoms with E-state index < -0.39 is 0 Å². The van der Waals surface area contributed by atoms with Crippen LogP contribution in [-0.2, 0) is 11.2 Å². The average Bonchev–Trinajstić information content (AvgIpc) is 2.46. The van der Waals surface area contributed by atoms with Gasteiger partial charge < -0.3 is 5.32 Å². The second-order valence-electron chi connectivity index (χ2n) is 6.74. The smallest absolute Gasteiger partial charge is 0.149 e. The first kappa shape index (κ1) is 18.7. The average molecular weight is 309 g/mol. The maximum atomic E-state index is 14.3. The Morgan fingerprint density at radius 3 is 2.55 bits per heavy atom. The van der Waals surface area contributed by atoms with Crippen LogP contribution in [0.15, 0.2) is 18.2 Å². The van der Waals surface area contributed by atoms with Crippen molar-refractivity contribution in [2.24, 2.45) is 11.8 Å². The minimum atomic E-state index is -0.124. The van der Waals surface area contributed by atoms with Crippen LogP contribution in [0.2, 0.25) is 0 Å². The number of anilines is 1. The predicted octanol–water partition coefficient (Wildman–Crippen LogP) is 5.47. The summed E-state index contributed by atoms with van der Waals surface area (Å²) in [7, 11) is 0. The Hall–Kier alpha value is -1.38. The molecule has 0 amide bonds. The van der Waals surface area contributed by atoms with Crippen molar-refractivity contribution in [2.75, 3.05) is 11.9 Å². The molecule has 1 aromatic rings. The van der Waals surface area contributed by atoms with Crippen LogP contribution in [-0.4, -0.2) is 12.3 Å². The fourth-order valence-corrected chi connectivity index (χ4v) is 2.30. The number of rotatable bonds is 10. The molecule has 0 fully saturated rings. The first-order chi connectivity index (χ1) is 10.4. The number of halogens is 1. The molecule has 0 saturated carbocycles. The van der Waals surface area contributed by atoms with Gasteiger partial charge in [0.15, 0.2) is 0 Å². The van der Waals surface area contributed by atoms with E-state index in [1.807, 2.05) is 26.0 Å². The topological polar surface area (TPSA) is 29.1 Å². The van der Waals surface area contributed by atoms with Gasteiger partial charge in [0.1, 0.15) is 11.6 Å². The van der Waals surface area contributed by atoms with Crippen molar-refractivity contribution in [3.8, 4) is 0 Å². The van der Waals surface area contributed by atoms with E-state index in [1.54, 1.807) is 6.07 Å². The molecular formula is C19H32FNO. The number of Topliss-reactive ketones (excluding diaryl/α,β-unsaturated/α-hetero) is 1. The van der Waals surface area contributed by atoms with Crippen molar-refractivity contribution in [1.29, 1.82) is 0 Å². The van der Waals surface area contributed by atoms with Crippen molar-refractivity contribution in [2.45, 2.75) is 59.8 Å². The molecule has 3 heteroatoms. The highest BCUT2D eigenvalue weighted by atomic mass is 19.1. The Balaban J connectivity index is 0.00000484. The molecule has 1 aromatic carbocycles. The molecule has 126 valence electrons. The molecule has 0 aliphatic heterocycles. The number of hydrogen-bond acceptors (Lipinski definition) is 2. The van der Waals surface area contributed by atoms with E-state index in [2.05, 4.69) is 19.2 Å². The molecule has 1 N–H and O–H groups in total. The third-order valence-electron chi connectivity index (χ3n) is 3.79. The van der Waals surface area contributed by atoms with Gasteiger partial charge in [0.05, 0.1) is 5.69 Å². The van der Waals surface area contributed by atoms with Gasteiger partial charge in [0, 0.05) is 20.3 Å². The number of carbonyl (C=O) groups is 1. The number of carbonyl (C=O) groups excluding carboxylic acids is 1. The Morgan fingerprint density at radius 1 is 1.18 bits per heavy atom. The van der Waals surface area contributed by atoms with E-state index in [-0.39, 0.29) is 13.2 Å². The van der Waals surface area contributed by atoms with Crippen LogP contribution in [0.25, 0.3) is 0 Å². The van der Waals surface area contributed by atoms with Gasteiger partial charge in [-0.2, -0.15) is 0 Å². The minimum absolute atomic E-state index is 0. The van der Waals surface area contributed by atoms with Crippen LogP contribution in [0.4, 0.5) is 10.1 Å². The first-order valence-electron chi connectivity index (χ1n) is 8.45. The van der Waals surface area contributed by atoms with Crippen LogP contribution in [0.1, 0.15) is 60.4 Å². The third kappa shape index (κ3) is 6.59. The lowest BCUT2D eigenvalue weighted by atomic mass is 10.0. The van der Waals surface area contributed by atoms with Gasteiger partial charge >= 0.3 is 0 Å². The number of ketones is 1. The highest BCUT2D eigenvalue weighted by Gasteiger charge is 2.09. The van der Waals surface area contributed by atoms with Gasteiger partial charge in [-0.3, -0.25) is 4.79 Å². The molecule has 0 heterocycles. The molecule has 0 aliphatic rings. The summed E-state index contributed by atoms with van der Waals surface area (Å²) in [6.07, 6.45) is 4.19. The molecule has 0 atom stereocenters. The Kier molecular flexibility index (Phi) is 8.15. The zero-order chi connectivity index (χ0) is 16.5. The largest absolute Gasteiger partial charge is 0.382 e. The Labute approximate surface area is 136 Å². The van der Waals surface area contributed by atoms with Gasteiger partial charge in [0.25, 0.3) is 0 Å². The van der Waals surface area contributed by atoms with Gasteiger partial charge in [0.2, 0.25) is 0 Å². The van der Waals surface area contributed by atoms with Crippen LogP contribution in [0, 0.1) is 17.7 Å². The molecule has 0 saturated heterocycles. The number of unbranched alkanes of at least 4 members (excludes halogenated alkanes) is 2. The summed E-state index contributed by atoms with van der Waals surface area (Å²) in [6, 6.07) is 5.56. The molecule has 0 spiro atoms. The quantitative estimate of drug-likeness (QED) is 0.581. The fraction of sp³-hybridized carbons (Fsp3) is 0.632. The van der Waals surface area contributed by atoms with Crippen LogP contribution in [0.5, 0.6) is 0 Å². The zero-order valence-corrected chi connectivity index (χ0v) is 14.4. The molecule has 0 aromatic heterocycles. The number of nitrogens with one attached hydrogen (secondary N) is 1. The lowest BCUT2D eigenvalue weighted by molar-refractivity contribution is -0.122. The summed E-state index contributed by atoms with van der Waals surface area (Å²) < 4.78 is 14.3. The Morgan fingerprint density at radius 2 is 1.91 bits per heavy atom. The molecule has 1 rings (SSSR count). The molecule has 0 aliphatic carbocycles. The van der Waals surface area contributed by atoms with Crippen molar-refractivity contribution < 1.29 is 10.6 Å². The van der Waals surface area contributed by atoms with Gasteiger partial charge in [-0.05, 0) is 36.8 Å². The molecular weight excluding hydrogens is 277 g/mol. The van der Waals surface area contributed by atoms with E-state index in [0.29, 0.717) is 23.8 Å². The zero-order valence-electron chi connectivity index (χ0n) is 14.4. The fourth-order valence-electron chi connectivity index (χ4n) is 2.30. The molecule has 22 heavy (non-hydrogen) atoms. The predicted molar refractivity (Wildman–Crippen MR) is 93.9 cm³/mol. The maximum absolute atomic E-state index is 14.3. The van der Waals surface area contributed by atoms with E-state index >= 15 is 0 Å². The lowest BCUT2D eigenvalue weighted by Gasteiger charge is -2.12. The molecule has 0 bridgehead atoms. The number of aryl methyl sites for hydroxylation is 1. The van der Waals surface area contributed by atoms with Crippen LogP contribution >= 0.6 is 0 Å². The van der Waals surface area contributed by atoms with Crippen molar-refractivity contribution in [3.63, 3.8) is 0 Å². The summed E-state index contributed by atoms with van der Waals surface area (Å²) in [5.74, 6) is 0.815. The first-order valence-corrected chi connectivity index (χ1v) is 8.45. The lowest BCUT2D eigenvalue weighted by Crippen LogP contribution is -2.10. The normalized spacial score (nSPS) is 11.2. The molecule has 2 nitrogen and oxygen atoms in total. The van der Waals surface area contributed by atoms with Gasteiger partial charge in [-0.25, -0.2) is 4.39 Å². The summed E-state index contributed by atoms with van der Waals surface area (Å²) in [5.41, 5.74) is 1.37.